The molecule has 126 valence electrons. The van der Waals surface area contributed by atoms with Gasteiger partial charge in [0.2, 0.25) is 0 Å². The van der Waals surface area contributed by atoms with E-state index in [1.54, 1.807) is 12.1 Å². The number of benzene rings is 1. The Hall–Kier alpha value is -1.75. The summed E-state index contributed by atoms with van der Waals surface area (Å²) in [7, 11) is 0. The average molecular weight is 336 g/mol. The minimum atomic E-state index is -4.66. The smallest absolute Gasteiger partial charge is 0.298 e. The molecule has 0 bridgehead atoms. The van der Waals surface area contributed by atoms with Gasteiger partial charge in [-0.05, 0) is 24.1 Å². The predicted octanol–water partition coefficient (Wildman–Crippen LogP) is 4.12. The monoisotopic (exact) mass is 336 g/mol. The highest BCUT2D eigenvalue weighted by molar-refractivity contribution is 5.32. The van der Waals surface area contributed by atoms with Crippen molar-refractivity contribution in [2.75, 3.05) is 13.1 Å². The van der Waals surface area contributed by atoms with Crippen molar-refractivity contribution >= 4 is 0 Å². The van der Waals surface area contributed by atoms with Crippen LogP contribution in [0.4, 0.5) is 26.3 Å². The number of hydrogen-bond donors (Lipinski definition) is 0. The molecule has 1 aromatic carbocycles. The van der Waals surface area contributed by atoms with Crippen LogP contribution in [0.15, 0.2) is 24.3 Å². The van der Waals surface area contributed by atoms with Crippen LogP contribution in [0.3, 0.4) is 0 Å². The number of halogens is 6. The molecule has 0 amide bonds. The second-order valence-electron chi connectivity index (χ2n) is 5.72. The molecule has 2 nitrogen and oxygen atoms in total. The van der Waals surface area contributed by atoms with E-state index >= 15 is 0 Å². The predicted molar refractivity (Wildman–Crippen MR) is 70.1 cm³/mol. The van der Waals surface area contributed by atoms with E-state index in [4.69, 9.17) is 5.26 Å². The Morgan fingerprint density at radius 2 is 1.61 bits per heavy atom. The fraction of sp³-hybridized carbons (Fsp3) is 0.533. The molecular weight excluding hydrogens is 322 g/mol. The Balaban J connectivity index is 2.17. The first kappa shape index (κ1) is 17.6. The van der Waals surface area contributed by atoms with Crippen molar-refractivity contribution in [1.29, 1.82) is 5.26 Å². The molecular formula is C15H14F6N2. The lowest BCUT2D eigenvalue weighted by atomic mass is 9.88. The summed E-state index contributed by atoms with van der Waals surface area (Å²) in [5, 5.41) is 8.80. The molecule has 23 heavy (non-hydrogen) atoms. The van der Waals surface area contributed by atoms with E-state index in [0.717, 1.165) is 4.90 Å². The Morgan fingerprint density at radius 1 is 1.04 bits per heavy atom. The van der Waals surface area contributed by atoms with E-state index in [-0.39, 0.29) is 6.54 Å². The first-order valence-electron chi connectivity index (χ1n) is 6.94. The maximum absolute atomic E-state index is 12.9. The zero-order chi connectivity index (χ0) is 17.3. The van der Waals surface area contributed by atoms with Crippen molar-refractivity contribution in [3.63, 3.8) is 0 Å². The topological polar surface area (TPSA) is 27.0 Å². The molecule has 0 aromatic heterocycles. The normalized spacial score (nSPS) is 23.5. The van der Waals surface area contributed by atoms with Crippen molar-refractivity contribution in [2.45, 2.75) is 25.3 Å². The lowest BCUT2D eigenvalue weighted by molar-refractivity contribution is -0.231. The lowest BCUT2D eigenvalue weighted by Gasteiger charge is -2.39. The van der Waals surface area contributed by atoms with Gasteiger partial charge in [-0.2, -0.15) is 31.6 Å². The van der Waals surface area contributed by atoms with E-state index in [9.17, 15) is 26.3 Å². The van der Waals surface area contributed by atoms with Gasteiger partial charge in [-0.1, -0.05) is 12.1 Å². The molecule has 1 fully saturated rings. The summed E-state index contributed by atoms with van der Waals surface area (Å²) in [4.78, 5) is 1.16. The largest absolute Gasteiger partial charge is 0.393 e. The maximum Gasteiger partial charge on any atom is 0.393 e. The van der Waals surface area contributed by atoms with Crippen molar-refractivity contribution in [2.24, 2.45) is 11.8 Å². The van der Waals surface area contributed by atoms with Gasteiger partial charge in [0.15, 0.2) is 0 Å². The minimum absolute atomic E-state index is 0.0469. The van der Waals surface area contributed by atoms with Gasteiger partial charge in [-0.3, -0.25) is 4.90 Å². The summed E-state index contributed by atoms with van der Waals surface area (Å²) < 4.78 is 77.4. The maximum atomic E-state index is 12.9. The van der Waals surface area contributed by atoms with Gasteiger partial charge in [-0.15, -0.1) is 0 Å². The minimum Gasteiger partial charge on any atom is -0.298 e. The number of piperidine rings is 1. The molecule has 1 heterocycles. The van der Waals surface area contributed by atoms with Crippen molar-refractivity contribution in [3.8, 4) is 6.07 Å². The summed E-state index contributed by atoms with van der Waals surface area (Å²) >= 11 is 0. The van der Waals surface area contributed by atoms with Gasteiger partial charge in [0, 0.05) is 19.6 Å². The third-order valence-corrected chi connectivity index (χ3v) is 3.91. The number of nitriles is 1. The third-order valence-electron chi connectivity index (χ3n) is 3.91. The molecule has 0 unspecified atom stereocenters. The van der Waals surface area contributed by atoms with Crippen LogP contribution in [0.2, 0.25) is 0 Å². The van der Waals surface area contributed by atoms with Crippen molar-refractivity contribution < 1.29 is 26.3 Å². The molecule has 0 radical (unpaired) electrons. The quantitative estimate of drug-likeness (QED) is 0.760. The molecule has 2 atom stereocenters. The van der Waals surface area contributed by atoms with Crippen molar-refractivity contribution in [1.82, 2.24) is 4.90 Å². The number of hydrogen-bond acceptors (Lipinski definition) is 2. The van der Waals surface area contributed by atoms with E-state index in [2.05, 4.69) is 0 Å². The van der Waals surface area contributed by atoms with E-state index in [1.807, 2.05) is 6.07 Å². The standard InChI is InChI=1S/C15H14F6N2/c16-14(17,18)12-5-13(15(19,20)21)9-23(8-12)7-11-3-1-2-10(4-11)6-22/h1-4,12-13H,5,7-9H2/t12-,13-/m0/s1. The summed E-state index contributed by atoms with van der Waals surface area (Å²) in [5.41, 5.74) is 0.840. The van der Waals surface area contributed by atoms with Gasteiger partial charge >= 0.3 is 12.4 Å². The Bertz CT molecular complexity index is 565. The Morgan fingerprint density at radius 3 is 2.09 bits per heavy atom. The van der Waals surface area contributed by atoms with Gasteiger partial charge < -0.3 is 0 Å². The van der Waals surface area contributed by atoms with Gasteiger partial charge in [0.1, 0.15) is 0 Å². The number of alkyl halides is 6. The van der Waals surface area contributed by atoms with Crippen LogP contribution in [-0.4, -0.2) is 30.3 Å². The molecule has 0 spiro atoms. The molecule has 2 rings (SSSR count). The molecule has 8 heteroatoms. The number of nitrogens with zero attached hydrogens (tertiary/aromatic N) is 2. The van der Waals surface area contributed by atoms with Crippen LogP contribution in [0.25, 0.3) is 0 Å². The van der Waals surface area contributed by atoms with Crippen LogP contribution in [0.5, 0.6) is 0 Å². The van der Waals surface area contributed by atoms with Crippen LogP contribution in [0.1, 0.15) is 17.5 Å². The van der Waals surface area contributed by atoms with Crippen LogP contribution in [-0.2, 0) is 6.54 Å². The summed E-state index contributed by atoms with van der Waals surface area (Å²) in [6.45, 7) is -0.978. The van der Waals surface area contributed by atoms with Gasteiger partial charge in [-0.25, -0.2) is 0 Å². The fourth-order valence-corrected chi connectivity index (χ4v) is 2.79. The van der Waals surface area contributed by atoms with Crippen LogP contribution >= 0.6 is 0 Å². The molecule has 1 aromatic rings. The summed E-state index contributed by atoms with van der Waals surface area (Å²) in [6, 6.07) is 8.03. The zero-order valence-electron chi connectivity index (χ0n) is 12.0. The Kier molecular flexibility index (Phi) is 4.90. The van der Waals surface area contributed by atoms with E-state index < -0.39 is 43.7 Å². The SMILES string of the molecule is N#Cc1cccc(CN2C[C@@H](C(F)(F)F)C[C@H](C(F)(F)F)C2)c1. The molecule has 1 aliphatic rings. The average Bonchev–Trinajstić information content (AvgIpc) is 2.45. The van der Waals surface area contributed by atoms with Gasteiger partial charge in [0.05, 0.1) is 23.5 Å². The van der Waals surface area contributed by atoms with Crippen molar-refractivity contribution in [3.05, 3.63) is 35.4 Å². The fourth-order valence-electron chi connectivity index (χ4n) is 2.79. The molecule has 1 saturated heterocycles. The molecule has 0 N–H and O–H groups in total. The molecule has 0 aliphatic carbocycles. The van der Waals surface area contributed by atoms with Gasteiger partial charge in [0.25, 0.3) is 0 Å². The number of likely N-dealkylation sites (tertiary alicyclic amines) is 1. The molecule has 0 saturated carbocycles. The third kappa shape index (κ3) is 4.61. The number of rotatable bonds is 2. The van der Waals surface area contributed by atoms with E-state index in [0.29, 0.717) is 11.1 Å². The first-order chi connectivity index (χ1) is 10.6. The van der Waals surface area contributed by atoms with Crippen LogP contribution in [0, 0.1) is 23.2 Å². The second-order valence-corrected chi connectivity index (χ2v) is 5.72. The summed E-state index contributed by atoms with van der Waals surface area (Å²) in [5.74, 6) is -4.00. The first-order valence-corrected chi connectivity index (χ1v) is 6.94. The lowest BCUT2D eigenvalue weighted by Crippen LogP contribution is -2.49. The second kappa shape index (κ2) is 6.40. The highest BCUT2D eigenvalue weighted by Gasteiger charge is 2.51. The highest BCUT2D eigenvalue weighted by Crippen LogP contribution is 2.41. The zero-order valence-corrected chi connectivity index (χ0v) is 12.0. The summed E-state index contributed by atoms with van der Waals surface area (Å²) in [6.07, 6.45) is -10.2. The molecule has 1 aliphatic heterocycles. The highest BCUT2D eigenvalue weighted by atomic mass is 19.4. The Labute approximate surface area is 129 Å². The van der Waals surface area contributed by atoms with Crippen LogP contribution < -0.4 is 0 Å². The van der Waals surface area contributed by atoms with E-state index in [1.165, 1.54) is 12.1 Å².